The fourth-order valence-electron chi connectivity index (χ4n) is 2.87. The average Bonchev–Trinajstić information content (AvgIpc) is 2.70. The maximum Gasteiger partial charge on any atom is 0.338 e. The molecule has 0 heterocycles. The molecule has 0 aromatic heterocycles. The van der Waals surface area contributed by atoms with E-state index in [9.17, 15) is 4.79 Å². The van der Waals surface area contributed by atoms with Gasteiger partial charge in [0, 0.05) is 12.6 Å². The van der Waals surface area contributed by atoms with Gasteiger partial charge >= 0.3 is 5.97 Å². The maximum atomic E-state index is 12.1. The Kier molecular flexibility index (Phi) is 7.62. The first-order valence-electron chi connectivity index (χ1n) is 8.71. The van der Waals surface area contributed by atoms with Crippen molar-refractivity contribution in [2.75, 3.05) is 14.2 Å². The molecule has 0 aliphatic heterocycles. The van der Waals surface area contributed by atoms with Gasteiger partial charge in [0.15, 0.2) is 0 Å². The molecule has 0 aliphatic rings. The summed E-state index contributed by atoms with van der Waals surface area (Å²) in [6.45, 7) is 4.20. The summed E-state index contributed by atoms with van der Waals surface area (Å²) in [5.41, 5.74) is 4.43. The molecule has 0 unspecified atom stereocenters. The van der Waals surface area contributed by atoms with E-state index in [1.165, 1.54) is 14.2 Å². The van der Waals surface area contributed by atoms with Crippen molar-refractivity contribution in [2.45, 2.75) is 26.9 Å². The average molecular weight is 367 g/mol. The summed E-state index contributed by atoms with van der Waals surface area (Å²) in [6.07, 6.45) is 4.07. The second kappa shape index (κ2) is 10.2. The van der Waals surface area contributed by atoms with Gasteiger partial charge in [-0.15, -0.1) is 0 Å². The number of rotatable bonds is 8. The van der Waals surface area contributed by atoms with E-state index >= 15 is 0 Å². The summed E-state index contributed by atoms with van der Waals surface area (Å²) in [5, 5.41) is 3.82. The first-order valence-corrected chi connectivity index (χ1v) is 8.71. The molecular weight excluding hydrogens is 342 g/mol. The number of carbonyl (C=O) groups is 1. The van der Waals surface area contributed by atoms with Crippen LogP contribution in [0, 0.1) is 6.92 Å². The zero-order valence-electron chi connectivity index (χ0n) is 16.2. The normalized spacial score (nSPS) is 11.5. The molecule has 27 heavy (non-hydrogen) atoms. The molecule has 0 saturated carbocycles. The molecule has 2 aromatic carbocycles. The van der Waals surface area contributed by atoms with Crippen molar-refractivity contribution in [3.8, 4) is 5.75 Å². The molecule has 2 rings (SSSR count). The van der Waals surface area contributed by atoms with E-state index in [1.807, 2.05) is 56.3 Å². The van der Waals surface area contributed by atoms with Crippen LogP contribution in [0.1, 0.15) is 29.2 Å². The van der Waals surface area contributed by atoms with E-state index in [0.29, 0.717) is 18.6 Å². The molecule has 0 saturated heterocycles. The van der Waals surface area contributed by atoms with Crippen molar-refractivity contribution in [3.63, 3.8) is 0 Å². The molecule has 142 valence electrons. The molecule has 0 fully saturated rings. The number of nitrogens with zero attached hydrogens (tertiary/aromatic N) is 1. The Balaban J connectivity index is 2.42. The molecule has 0 N–H and O–H groups in total. The summed E-state index contributed by atoms with van der Waals surface area (Å²) < 4.78 is 10.9. The number of allylic oxidation sites excluding steroid dienone is 1. The number of oxime groups is 1. The highest BCUT2D eigenvalue weighted by molar-refractivity contribution is 6.16. The van der Waals surface area contributed by atoms with Crippen LogP contribution in [0.2, 0.25) is 0 Å². The molecule has 5 nitrogen and oxygen atoms in total. The van der Waals surface area contributed by atoms with Gasteiger partial charge in [-0.2, -0.15) is 0 Å². The minimum Gasteiger partial charge on any atom is -0.489 e. The second-order valence-electron chi connectivity index (χ2n) is 5.85. The van der Waals surface area contributed by atoms with Crippen LogP contribution in [0.15, 0.2) is 53.7 Å². The van der Waals surface area contributed by atoms with Gasteiger partial charge < -0.3 is 14.3 Å². The van der Waals surface area contributed by atoms with E-state index in [4.69, 9.17) is 14.3 Å². The van der Waals surface area contributed by atoms with Crippen molar-refractivity contribution < 1.29 is 19.1 Å². The van der Waals surface area contributed by atoms with Crippen LogP contribution in [0.5, 0.6) is 5.75 Å². The number of esters is 1. The lowest BCUT2D eigenvalue weighted by molar-refractivity contribution is -0.133. The van der Waals surface area contributed by atoms with Gasteiger partial charge in [0.1, 0.15) is 19.5 Å². The van der Waals surface area contributed by atoms with Gasteiger partial charge in [-0.1, -0.05) is 41.6 Å². The molecule has 0 aliphatic carbocycles. The van der Waals surface area contributed by atoms with Gasteiger partial charge in [0.25, 0.3) is 0 Å². The van der Waals surface area contributed by atoms with Gasteiger partial charge in [-0.05, 0) is 48.2 Å². The van der Waals surface area contributed by atoms with Crippen molar-refractivity contribution in [2.24, 2.45) is 5.16 Å². The minimum atomic E-state index is -0.357. The minimum absolute atomic E-state index is 0.357. The zero-order valence-corrected chi connectivity index (χ0v) is 16.2. The number of carbonyl (C=O) groups excluding carboxylic acids is 1. The Hall–Kier alpha value is -3.08. The highest BCUT2D eigenvalue weighted by Gasteiger charge is 2.18. The van der Waals surface area contributed by atoms with Crippen molar-refractivity contribution in [1.82, 2.24) is 0 Å². The van der Waals surface area contributed by atoms with Crippen LogP contribution in [-0.4, -0.2) is 26.4 Å². The van der Waals surface area contributed by atoms with E-state index in [-0.39, 0.29) is 5.97 Å². The third kappa shape index (κ3) is 5.20. The van der Waals surface area contributed by atoms with Gasteiger partial charge in [0.05, 0.1) is 12.7 Å². The molecule has 0 spiro atoms. The molecule has 2 aromatic rings. The van der Waals surface area contributed by atoms with Gasteiger partial charge in [-0.3, -0.25) is 0 Å². The lowest BCUT2D eigenvalue weighted by Gasteiger charge is -2.17. The number of benzene rings is 2. The highest BCUT2D eigenvalue weighted by atomic mass is 16.6. The van der Waals surface area contributed by atoms with Crippen molar-refractivity contribution in [1.29, 1.82) is 0 Å². The summed E-state index contributed by atoms with van der Waals surface area (Å²) in [4.78, 5) is 16.9. The zero-order chi connectivity index (χ0) is 19.6. The maximum absolute atomic E-state index is 12.1. The summed E-state index contributed by atoms with van der Waals surface area (Å²) in [7, 11) is 2.90. The Morgan fingerprint density at radius 1 is 1.11 bits per heavy atom. The third-order valence-corrected chi connectivity index (χ3v) is 4.30. The fraction of sp³-hybridized carbons (Fsp3) is 0.273. The quantitative estimate of drug-likeness (QED) is 0.302. The lowest BCUT2D eigenvalue weighted by Crippen LogP contribution is -2.10. The SMILES string of the molecule is CC=C(C(=O)OC)c1ccc(CC=NOC)c(COc2ccccc2)c1C. The summed E-state index contributed by atoms with van der Waals surface area (Å²) >= 11 is 0. The van der Waals surface area contributed by atoms with Gasteiger partial charge in [0.2, 0.25) is 0 Å². The van der Waals surface area contributed by atoms with E-state index in [2.05, 4.69) is 5.16 Å². The first-order chi connectivity index (χ1) is 13.1. The number of methoxy groups -OCH3 is 1. The van der Waals surface area contributed by atoms with E-state index in [0.717, 1.165) is 28.0 Å². The predicted molar refractivity (Wildman–Crippen MR) is 107 cm³/mol. The Labute approximate surface area is 160 Å². The van der Waals surface area contributed by atoms with Crippen molar-refractivity contribution in [3.05, 3.63) is 70.8 Å². The van der Waals surface area contributed by atoms with Crippen LogP contribution in [0.25, 0.3) is 5.57 Å². The Morgan fingerprint density at radius 2 is 1.85 bits per heavy atom. The largest absolute Gasteiger partial charge is 0.489 e. The van der Waals surface area contributed by atoms with E-state index in [1.54, 1.807) is 12.3 Å². The number of hydrogen-bond donors (Lipinski definition) is 0. The van der Waals surface area contributed by atoms with Crippen LogP contribution >= 0.6 is 0 Å². The molecule has 5 heteroatoms. The lowest BCUT2D eigenvalue weighted by atomic mass is 9.91. The Bertz CT molecular complexity index is 826. The third-order valence-electron chi connectivity index (χ3n) is 4.30. The van der Waals surface area contributed by atoms with Gasteiger partial charge in [-0.25, -0.2) is 4.79 Å². The van der Waals surface area contributed by atoms with Crippen molar-refractivity contribution >= 4 is 17.8 Å². The number of hydrogen-bond acceptors (Lipinski definition) is 5. The molecular formula is C22H25NO4. The topological polar surface area (TPSA) is 57.1 Å². The summed E-state index contributed by atoms with van der Waals surface area (Å²) in [5.74, 6) is 0.433. The molecule has 0 bridgehead atoms. The summed E-state index contributed by atoms with van der Waals surface area (Å²) in [6, 6.07) is 13.6. The smallest absolute Gasteiger partial charge is 0.338 e. The molecule has 0 amide bonds. The monoisotopic (exact) mass is 367 g/mol. The second-order valence-corrected chi connectivity index (χ2v) is 5.85. The van der Waals surface area contributed by atoms with Crippen LogP contribution in [0.4, 0.5) is 0 Å². The standard InChI is InChI=1S/C22H25NO4/c1-5-19(22(24)25-3)20-12-11-17(13-14-23-26-4)21(16(20)2)15-27-18-9-7-6-8-10-18/h5-12,14H,13,15H2,1-4H3. The highest BCUT2D eigenvalue weighted by Crippen LogP contribution is 2.27. The van der Waals surface area contributed by atoms with Crippen LogP contribution in [0.3, 0.4) is 0 Å². The Morgan fingerprint density at radius 3 is 2.48 bits per heavy atom. The van der Waals surface area contributed by atoms with Crippen LogP contribution in [-0.2, 0) is 27.4 Å². The number of ether oxygens (including phenoxy) is 2. The fourth-order valence-corrected chi connectivity index (χ4v) is 2.87. The first kappa shape index (κ1) is 20.2. The van der Waals surface area contributed by atoms with Crippen LogP contribution < -0.4 is 4.74 Å². The van der Waals surface area contributed by atoms with E-state index < -0.39 is 0 Å². The molecule has 0 atom stereocenters. The molecule has 0 radical (unpaired) electrons. The number of para-hydroxylation sites is 1. The predicted octanol–water partition coefficient (Wildman–Crippen LogP) is 4.33.